The van der Waals surface area contributed by atoms with Gasteiger partial charge in [-0.2, -0.15) is 0 Å². The van der Waals surface area contributed by atoms with Gasteiger partial charge in [-0.15, -0.1) is 0 Å². The van der Waals surface area contributed by atoms with Crippen molar-refractivity contribution in [1.82, 2.24) is 15.2 Å². The molecule has 1 aliphatic heterocycles. The van der Waals surface area contributed by atoms with Crippen LogP contribution in [0.1, 0.15) is 36.8 Å². The largest absolute Gasteiger partial charge is 0.497 e. The second-order valence-corrected chi connectivity index (χ2v) is 7.74. The van der Waals surface area contributed by atoms with Gasteiger partial charge < -0.3 is 10.1 Å². The highest BCUT2D eigenvalue weighted by Crippen LogP contribution is 2.46. The number of hydrogen-bond donors (Lipinski definition) is 1. The average molecular weight is 365 g/mol. The first kappa shape index (κ1) is 18.0. The van der Waals surface area contributed by atoms with Crippen molar-refractivity contribution in [3.63, 3.8) is 0 Å². The van der Waals surface area contributed by atoms with E-state index in [0.29, 0.717) is 0 Å². The number of carbonyl (C=O) groups excluding carboxylic acids is 1. The maximum absolute atomic E-state index is 13.0. The van der Waals surface area contributed by atoms with Gasteiger partial charge in [-0.3, -0.25) is 14.7 Å². The number of nitrogens with one attached hydrogen (secondary N) is 1. The number of hydrogen-bond acceptors (Lipinski definition) is 4. The highest BCUT2D eigenvalue weighted by molar-refractivity contribution is 5.80. The predicted octanol–water partition coefficient (Wildman–Crippen LogP) is 3.11. The van der Waals surface area contributed by atoms with Gasteiger partial charge in [0.15, 0.2) is 0 Å². The molecule has 1 amide bonds. The smallest absolute Gasteiger partial charge is 0.225 e. The number of aromatic nitrogens is 1. The van der Waals surface area contributed by atoms with Crippen molar-refractivity contribution < 1.29 is 9.53 Å². The second-order valence-electron chi connectivity index (χ2n) is 7.74. The van der Waals surface area contributed by atoms with Gasteiger partial charge in [0.1, 0.15) is 5.75 Å². The Hall–Kier alpha value is -2.40. The standard InChI is InChI=1S/C22H27N3O2/c1-27-20-8-2-7-19(13-20)22(9-10-22)24-21(26)18-6-4-12-25(16-18)15-17-5-3-11-23-14-17/h2-3,5,7-8,11,13-14,18H,4,6,9-10,12,15-16H2,1H3,(H,24,26). The summed E-state index contributed by atoms with van der Waals surface area (Å²) in [5.74, 6) is 1.08. The first-order chi connectivity index (χ1) is 13.2. The molecule has 1 aromatic carbocycles. The number of rotatable bonds is 6. The van der Waals surface area contributed by atoms with Crippen LogP contribution in [0, 0.1) is 5.92 Å². The number of piperidine rings is 1. The highest BCUT2D eigenvalue weighted by atomic mass is 16.5. The Labute approximate surface area is 160 Å². The molecule has 4 rings (SSSR count). The van der Waals surface area contributed by atoms with Gasteiger partial charge >= 0.3 is 0 Å². The van der Waals surface area contributed by atoms with Crippen LogP contribution in [0.15, 0.2) is 48.8 Å². The summed E-state index contributed by atoms with van der Waals surface area (Å²) in [6, 6.07) is 12.1. The van der Waals surface area contributed by atoms with Gasteiger partial charge in [-0.1, -0.05) is 18.2 Å². The quantitative estimate of drug-likeness (QED) is 0.855. The van der Waals surface area contributed by atoms with Crippen molar-refractivity contribution in [2.45, 2.75) is 37.8 Å². The molecular weight excluding hydrogens is 338 g/mol. The van der Waals surface area contributed by atoms with Crippen molar-refractivity contribution in [1.29, 1.82) is 0 Å². The highest BCUT2D eigenvalue weighted by Gasteiger charge is 2.46. The van der Waals surface area contributed by atoms with Gasteiger partial charge in [0, 0.05) is 25.5 Å². The van der Waals surface area contributed by atoms with Crippen LogP contribution in [-0.2, 0) is 16.9 Å². The molecule has 5 nitrogen and oxygen atoms in total. The fraction of sp³-hybridized carbons (Fsp3) is 0.455. The minimum atomic E-state index is -0.197. The molecule has 0 bridgehead atoms. The normalized spacial score (nSPS) is 21.4. The van der Waals surface area contributed by atoms with E-state index in [4.69, 9.17) is 4.74 Å². The molecule has 0 spiro atoms. The van der Waals surface area contributed by atoms with Gasteiger partial charge in [-0.25, -0.2) is 0 Å². The summed E-state index contributed by atoms with van der Waals surface area (Å²) in [6.45, 7) is 2.72. The fourth-order valence-corrected chi connectivity index (χ4v) is 4.03. The van der Waals surface area contributed by atoms with E-state index in [9.17, 15) is 4.79 Å². The van der Waals surface area contributed by atoms with Gasteiger partial charge in [0.25, 0.3) is 0 Å². The lowest BCUT2D eigenvalue weighted by Gasteiger charge is -2.33. The van der Waals surface area contributed by atoms with Crippen LogP contribution in [0.25, 0.3) is 0 Å². The summed E-state index contributed by atoms with van der Waals surface area (Å²) in [5, 5.41) is 3.36. The third-order valence-corrected chi connectivity index (χ3v) is 5.74. The Morgan fingerprint density at radius 3 is 2.96 bits per heavy atom. The Morgan fingerprint density at radius 1 is 1.33 bits per heavy atom. The lowest BCUT2D eigenvalue weighted by Crippen LogP contribution is -2.45. The van der Waals surface area contributed by atoms with Crippen molar-refractivity contribution in [2.75, 3.05) is 20.2 Å². The molecule has 1 aliphatic carbocycles. The number of carbonyl (C=O) groups is 1. The zero-order valence-electron chi connectivity index (χ0n) is 15.9. The van der Waals surface area contributed by atoms with Crippen molar-refractivity contribution in [3.05, 3.63) is 59.9 Å². The summed E-state index contributed by atoms with van der Waals surface area (Å²) >= 11 is 0. The number of nitrogens with zero attached hydrogens (tertiary/aromatic N) is 2. The summed E-state index contributed by atoms with van der Waals surface area (Å²) in [6.07, 6.45) is 7.72. The molecule has 2 fully saturated rings. The van der Waals surface area contributed by atoms with Crippen LogP contribution in [0.5, 0.6) is 5.75 Å². The summed E-state index contributed by atoms with van der Waals surface area (Å²) in [7, 11) is 1.68. The summed E-state index contributed by atoms with van der Waals surface area (Å²) in [4.78, 5) is 19.6. The molecular formula is C22H27N3O2. The minimum Gasteiger partial charge on any atom is -0.497 e. The SMILES string of the molecule is COc1cccc(C2(NC(=O)C3CCCN(Cc4cccnc4)C3)CC2)c1. The van der Waals surface area contributed by atoms with Gasteiger partial charge in [-0.05, 0) is 61.6 Å². The fourth-order valence-electron chi connectivity index (χ4n) is 4.03. The van der Waals surface area contributed by atoms with Crippen LogP contribution < -0.4 is 10.1 Å². The lowest BCUT2D eigenvalue weighted by molar-refractivity contribution is -0.127. The maximum Gasteiger partial charge on any atom is 0.225 e. The molecule has 1 saturated carbocycles. The number of ether oxygens (including phenoxy) is 1. The monoisotopic (exact) mass is 365 g/mol. The topological polar surface area (TPSA) is 54.5 Å². The van der Waals surface area contributed by atoms with Crippen LogP contribution >= 0.6 is 0 Å². The molecule has 1 unspecified atom stereocenters. The Balaban J connectivity index is 1.39. The molecule has 1 N–H and O–H groups in total. The van der Waals surface area contributed by atoms with E-state index < -0.39 is 0 Å². The molecule has 142 valence electrons. The van der Waals surface area contributed by atoms with Crippen molar-refractivity contribution in [2.24, 2.45) is 5.92 Å². The third kappa shape index (κ3) is 4.14. The van der Waals surface area contributed by atoms with E-state index in [1.165, 1.54) is 5.56 Å². The molecule has 1 atom stereocenters. The van der Waals surface area contributed by atoms with E-state index in [-0.39, 0.29) is 17.4 Å². The Bertz CT molecular complexity index is 789. The number of pyridine rings is 1. The number of methoxy groups -OCH3 is 1. The predicted molar refractivity (Wildman–Crippen MR) is 104 cm³/mol. The number of amides is 1. The summed E-state index contributed by atoms with van der Waals surface area (Å²) in [5.41, 5.74) is 2.16. The number of benzene rings is 1. The first-order valence-electron chi connectivity index (χ1n) is 9.76. The molecule has 2 aliphatic rings. The van der Waals surface area contributed by atoms with Gasteiger partial charge in [0.2, 0.25) is 5.91 Å². The molecule has 0 radical (unpaired) electrons. The maximum atomic E-state index is 13.0. The second kappa shape index (κ2) is 7.69. The van der Waals surface area contributed by atoms with E-state index in [1.807, 2.05) is 30.5 Å². The molecule has 1 aromatic heterocycles. The molecule has 1 saturated heterocycles. The summed E-state index contributed by atoms with van der Waals surface area (Å²) < 4.78 is 5.35. The molecule has 27 heavy (non-hydrogen) atoms. The van der Waals surface area contributed by atoms with Crippen LogP contribution in [0.3, 0.4) is 0 Å². The van der Waals surface area contributed by atoms with Crippen molar-refractivity contribution >= 4 is 5.91 Å². The zero-order valence-corrected chi connectivity index (χ0v) is 15.9. The van der Waals surface area contributed by atoms with E-state index in [0.717, 1.165) is 56.6 Å². The van der Waals surface area contributed by atoms with Crippen LogP contribution in [0.2, 0.25) is 0 Å². The minimum absolute atomic E-state index is 0.0542. The zero-order chi connectivity index (χ0) is 18.7. The first-order valence-corrected chi connectivity index (χ1v) is 9.76. The van der Waals surface area contributed by atoms with Crippen LogP contribution in [0.4, 0.5) is 0 Å². The van der Waals surface area contributed by atoms with Gasteiger partial charge in [0.05, 0.1) is 18.6 Å². The van der Waals surface area contributed by atoms with Crippen molar-refractivity contribution in [3.8, 4) is 5.75 Å². The van der Waals surface area contributed by atoms with E-state index in [1.54, 1.807) is 13.3 Å². The average Bonchev–Trinajstić information content (AvgIpc) is 3.50. The number of likely N-dealkylation sites (tertiary alicyclic amines) is 1. The van der Waals surface area contributed by atoms with E-state index >= 15 is 0 Å². The Morgan fingerprint density at radius 2 is 2.22 bits per heavy atom. The lowest BCUT2D eigenvalue weighted by atomic mass is 9.95. The molecule has 2 heterocycles. The molecule has 2 aromatic rings. The van der Waals surface area contributed by atoms with E-state index in [2.05, 4.69) is 27.3 Å². The Kier molecular flexibility index (Phi) is 5.12. The third-order valence-electron chi connectivity index (χ3n) is 5.74. The van der Waals surface area contributed by atoms with Crippen LogP contribution in [-0.4, -0.2) is 36.0 Å². The molecule has 5 heteroatoms.